The number of nitrogens with zero attached hydrogens (tertiary/aromatic N) is 1. The van der Waals surface area contributed by atoms with E-state index in [-0.39, 0.29) is 12.5 Å². The molecule has 4 heteroatoms. The Bertz CT molecular complexity index is 149. The lowest BCUT2D eigenvalue weighted by Gasteiger charge is -2.31. The zero-order valence-corrected chi connectivity index (χ0v) is 6.62. The highest BCUT2D eigenvalue weighted by atomic mass is 16.5. The Labute approximate surface area is 65.8 Å². The van der Waals surface area contributed by atoms with Crippen LogP contribution in [0.2, 0.25) is 0 Å². The molecule has 0 aromatic rings. The van der Waals surface area contributed by atoms with E-state index < -0.39 is 5.97 Å². The Morgan fingerprint density at radius 2 is 2.55 bits per heavy atom. The van der Waals surface area contributed by atoms with Gasteiger partial charge in [-0.05, 0) is 7.05 Å². The summed E-state index contributed by atoms with van der Waals surface area (Å²) in [5, 5.41) is 8.50. The molecule has 11 heavy (non-hydrogen) atoms. The molecule has 1 heterocycles. The van der Waals surface area contributed by atoms with E-state index in [4.69, 9.17) is 9.84 Å². The fourth-order valence-electron chi connectivity index (χ4n) is 1.15. The zero-order valence-electron chi connectivity index (χ0n) is 6.62. The van der Waals surface area contributed by atoms with E-state index in [1.807, 2.05) is 11.9 Å². The van der Waals surface area contributed by atoms with E-state index in [2.05, 4.69) is 0 Å². The van der Waals surface area contributed by atoms with E-state index in [0.717, 1.165) is 6.54 Å². The number of carboxylic acid groups (broad SMARTS) is 1. The molecular weight excluding hydrogens is 146 g/mol. The Morgan fingerprint density at radius 1 is 1.82 bits per heavy atom. The largest absolute Gasteiger partial charge is 0.481 e. The van der Waals surface area contributed by atoms with Gasteiger partial charge in [0.15, 0.2) is 0 Å². The summed E-state index contributed by atoms with van der Waals surface area (Å²) in [6.45, 7) is 2.09. The highest BCUT2D eigenvalue weighted by Crippen LogP contribution is 2.07. The lowest BCUT2D eigenvalue weighted by atomic mass is 10.2. The smallest absolute Gasteiger partial charge is 0.305 e. The van der Waals surface area contributed by atoms with Crippen LogP contribution < -0.4 is 0 Å². The van der Waals surface area contributed by atoms with Gasteiger partial charge in [-0.3, -0.25) is 9.69 Å². The lowest BCUT2D eigenvalue weighted by Crippen LogP contribution is -2.43. The fraction of sp³-hybridized carbons (Fsp3) is 0.857. The summed E-state index contributed by atoms with van der Waals surface area (Å²) in [4.78, 5) is 12.4. The number of likely N-dealkylation sites (N-methyl/N-ethyl adjacent to an activating group) is 1. The average Bonchev–Trinajstić information content (AvgIpc) is 1.93. The summed E-state index contributed by atoms with van der Waals surface area (Å²) in [7, 11) is 1.93. The van der Waals surface area contributed by atoms with Crippen molar-refractivity contribution in [2.75, 3.05) is 26.8 Å². The molecule has 0 bridgehead atoms. The molecule has 0 unspecified atom stereocenters. The summed E-state index contributed by atoms with van der Waals surface area (Å²) in [5.74, 6) is -0.757. The molecule has 1 rings (SSSR count). The van der Waals surface area contributed by atoms with E-state index in [1.54, 1.807) is 0 Å². The molecule has 1 saturated heterocycles. The lowest BCUT2D eigenvalue weighted by molar-refractivity contribution is -0.139. The van der Waals surface area contributed by atoms with E-state index in [1.165, 1.54) is 0 Å². The predicted octanol–water partition coefficient (Wildman–Crippen LogP) is -0.208. The fourth-order valence-corrected chi connectivity index (χ4v) is 1.15. The van der Waals surface area contributed by atoms with Crippen LogP contribution in [0.1, 0.15) is 6.42 Å². The van der Waals surface area contributed by atoms with Crippen LogP contribution in [0.4, 0.5) is 0 Å². The molecule has 0 aromatic heterocycles. The first-order valence-electron chi connectivity index (χ1n) is 3.70. The van der Waals surface area contributed by atoms with Gasteiger partial charge in [0.25, 0.3) is 0 Å². The first kappa shape index (κ1) is 8.49. The second kappa shape index (κ2) is 3.69. The van der Waals surface area contributed by atoms with Crippen molar-refractivity contribution in [3.05, 3.63) is 0 Å². The van der Waals surface area contributed by atoms with E-state index in [9.17, 15) is 4.79 Å². The summed E-state index contributed by atoms with van der Waals surface area (Å²) < 4.78 is 5.15. The van der Waals surface area contributed by atoms with Gasteiger partial charge in [0.05, 0.1) is 19.6 Å². The molecule has 1 aliphatic heterocycles. The van der Waals surface area contributed by atoms with Crippen molar-refractivity contribution >= 4 is 5.97 Å². The Hall–Kier alpha value is -0.610. The number of ether oxygens (including phenoxy) is 1. The number of carboxylic acids is 1. The normalized spacial score (nSPS) is 26.8. The molecule has 1 N–H and O–H groups in total. The van der Waals surface area contributed by atoms with Gasteiger partial charge in [-0.2, -0.15) is 0 Å². The number of rotatable bonds is 2. The molecule has 0 radical (unpaired) electrons. The third-order valence-electron chi connectivity index (χ3n) is 1.93. The van der Waals surface area contributed by atoms with Crippen molar-refractivity contribution in [2.24, 2.45) is 0 Å². The van der Waals surface area contributed by atoms with E-state index >= 15 is 0 Å². The molecule has 1 fully saturated rings. The Morgan fingerprint density at radius 3 is 3.09 bits per heavy atom. The Balaban J connectivity index is 2.35. The first-order valence-corrected chi connectivity index (χ1v) is 3.70. The number of hydrogen-bond donors (Lipinski definition) is 1. The number of aliphatic carboxylic acids is 1. The van der Waals surface area contributed by atoms with Crippen LogP contribution in [0.25, 0.3) is 0 Å². The van der Waals surface area contributed by atoms with Gasteiger partial charge in [-0.15, -0.1) is 0 Å². The molecule has 0 saturated carbocycles. The van der Waals surface area contributed by atoms with Gasteiger partial charge in [0, 0.05) is 12.6 Å². The molecular formula is C7H13NO3. The highest BCUT2D eigenvalue weighted by molar-refractivity contribution is 5.67. The van der Waals surface area contributed by atoms with Crippen LogP contribution >= 0.6 is 0 Å². The molecule has 1 atom stereocenters. The molecule has 1 aliphatic rings. The van der Waals surface area contributed by atoms with Crippen LogP contribution in [0, 0.1) is 0 Å². The SMILES string of the molecule is CN1CCOC[C@H]1CC(=O)O. The summed E-state index contributed by atoms with van der Waals surface area (Å²) in [6, 6.07) is 0.0567. The van der Waals surface area contributed by atoms with Crippen LogP contribution in [0.5, 0.6) is 0 Å². The van der Waals surface area contributed by atoms with Crippen LogP contribution in [0.15, 0.2) is 0 Å². The summed E-state index contributed by atoms with van der Waals surface area (Å²) in [6.07, 6.45) is 0.177. The third kappa shape index (κ3) is 2.48. The minimum Gasteiger partial charge on any atom is -0.481 e. The van der Waals surface area contributed by atoms with Gasteiger partial charge in [-0.25, -0.2) is 0 Å². The van der Waals surface area contributed by atoms with Crippen LogP contribution in [-0.2, 0) is 9.53 Å². The molecule has 4 nitrogen and oxygen atoms in total. The number of morpholine rings is 1. The predicted molar refractivity (Wildman–Crippen MR) is 39.5 cm³/mol. The van der Waals surface area contributed by atoms with Crippen molar-refractivity contribution in [1.29, 1.82) is 0 Å². The molecule has 64 valence electrons. The maximum atomic E-state index is 10.3. The van der Waals surface area contributed by atoms with Gasteiger partial charge >= 0.3 is 5.97 Å². The van der Waals surface area contributed by atoms with Crippen molar-refractivity contribution in [2.45, 2.75) is 12.5 Å². The van der Waals surface area contributed by atoms with Crippen molar-refractivity contribution < 1.29 is 14.6 Å². The van der Waals surface area contributed by atoms with Gasteiger partial charge in [0.2, 0.25) is 0 Å². The van der Waals surface area contributed by atoms with Gasteiger partial charge < -0.3 is 9.84 Å². The maximum Gasteiger partial charge on any atom is 0.305 e. The third-order valence-corrected chi connectivity index (χ3v) is 1.93. The monoisotopic (exact) mass is 159 g/mol. The minimum atomic E-state index is -0.757. The van der Waals surface area contributed by atoms with Gasteiger partial charge in [0.1, 0.15) is 0 Å². The maximum absolute atomic E-state index is 10.3. The van der Waals surface area contributed by atoms with Crippen LogP contribution in [0.3, 0.4) is 0 Å². The Kier molecular flexibility index (Phi) is 2.84. The highest BCUT2D eigenvalue weighted by Gasteiger charge is 2.21. The molecule has 0 aliphatic carbocycles. The topological polar surface area (TPSA) is 49.8 Å². The number of hydrogen-bond acceptors (Lipinski definition) is 3. The average molecular weight is 159 g/mol. The first-order chi connectivity index (χ1) is 5.20. The standard InChI is InChI=1S/C7H13NO3/c1-8-2-3-11-5-6(8)4-7(9)10/h6H,2-5H2,1H3,(H,9,10)/t6-/m1/s1. The van der Waals surface area contributed by atoms with Crippen molar-refractivity contribution in [3.8, 4) is 0 Å². The van der Waals surface area contributed by atoms with Crippen molar-refractivity contribution in [3.63, 3.8) is 0 Å². The second-order valence-electron chi connectivity index (χ2n) is 2.81. The quantitative estimate of drug-likeness (QED) is 0.605. The molecule has 0 amide bonds. The zero-order chi connectivity index (χ0) is 8.27. The minimum absolute atomic E-state index is 0.0567. The van der Waals surface area contributed by atoms with Crippen LogP contribution in [-0.4, -0.2) is 48.8 Å². The summed E-state index contributed by atoms with van der Waals surface area (Å²) in [5.41, 5.74) is 0. The second-order valence-corrected chi connectivity index (χ2v) is 2.81. The van der Waals surface area contributed by atoms with E-state index in [0.29, 0.717) is 13.2 Å². The van der Waals surface area contributed by atoms with Gasteiger partial charge in [-0.1, -0.05) is 0 Å². The summed E-state index contributed by atoms with van der Waals surface area (Å²) >= 11 is 0. The van der Waals surface area contributed by atoms with Crippen molar-refractivity contribution in [1.82, 2.24) is 4.90 Å². The molecule has 0 aromatic carbocycles. The number of carbonyl (C=O) groups is 1. The molecule has 0 spiro atoms.